The molecule has 0 saturated carbocycles. The average molecular weight is 412 g/mol. The van der Waals surface area contributed by atoms with Crippen molar-refractivity contribution < 1.29 is 14.3 Å². The van der Waals surface area contributed by atoms with Crippen molar-refractivity contribution in [2.24, 2.45) is 0 Å². The highest BCUT2D eigenvalue weighted by molar-refractivity contribution is 6.08. The minimum atomic E-state index is -0.549. The minimum absolute atomic E-state index is 0.0592. The molecule has 31 heavy (non-hydrogen) atoms. The van der Waals surface area contributed by atoms with Crippen LogP contribution in [0.3, 0.4) is 0 Å². The summed E-state index contributed by atoms with van der Waals surface area (Å²) in [4.78, 5) is 27.0. The third-order valence-electron chi connectivity index (χ3n) is 5.30. The van der Waals surface area contributed by atoms with Crippen LogP contribution >= 0.6 is 0 Å². The summed E-state index contributed by atoms with van der Waals surface area (Å²) in [6, 6.07) is 23.9. The maximum atomic E-state index is 12.8. The fraction of sp³-hybridized carbons (Fsp3) is 0.125. The summed E-state index contributed by atoms with van der Waals surface area (Å²) in [6.45, 7) is 0.611. The topological polar surface area (TPSA) is 87.3 Å². The second kappa shape index (κ2) is 7.95. The van der Waals surface area contributed by atoms with Crippen molar-refractivity contribution in [3.8, 4) is 5.75 Å². The van der Waals surface area contributed by atoms with E-state index < -0.39 is 6.10 Å². The van der Waals surface area contributed by atoms with Crippen LogP contribution < -0.4 is 15.0 Å². The second-order valence-electron chi connectivity index (χ2n) is 7.32. The number of anilines is 2. The molecule has 7 nitrogen and oxygen atoms in total. The molecule has 1 aliphatic heterocycles. The van der Waals surface area contributed by atoms with Gasteiger partial charge in [0.1, 0.15) is 5.75 Å². The van der Waals surface area contributed by atoms with Crippen LogP contribution in [0.1, 0.15) is 16.8 Å². The van der Waals surface area contributed by atoms with Gasteiger partial charge < -0.3 is 15.0 Å². The monoisotopic (exact) mass is 412 g/mol. The number of ether oxygens (including phenoxy) is 1. The average Bonchev–Trinajstić information content (AvgIpc) is 3.38. The number of aromatic amines is 1. The molecule has 0 aliphatic carbocycles. The molecule has 2 amide bonds. The maximum Gasteiger partial charge on any atom is 0.268 e. The number of amides is 2. The number of fused-ring (bicyclic) bond motifs is 1. The van der Waals surface area contributed by atoms with Gasteiger partial charge in [-0.25, -0.2) is 0 Å². The van der Waals surface area contributed by atoms with E-state index in [0.29, 0.717) is 35.5 Å². The Labute approximate surface area is 178 Å². The number of hydrogen-bond acceptors (Lipinski definition) is 4. The van der Waals surface area contributed by atoms with Crippen molar-refractivity contribution >= 4 is 34.2 Å². The van der Waals surface area contributed by atoms with E-state index in [4.69, 9.17) is 4.74 Å². The van der Waals surface area contributed by atoms with Crippen LogP contribution in [0, 0.1) is 0 Å². The van der Waals surface area contributed by atoms with Gasteiger partial charge in [0.2, 0.25) is 0 Å². The van der Waals surface area contributed by atoms with Crippen molar-refractivity contribution in [2.75, 3.05) is 16.8 Å². The number of benzene rings is 3. The van der Waals surface area contributed by atoms with E-state index in [9.17, 15) is 9.59 Å². The van der Waals surface area contributed by atoms with Crippen LogP contribution in [0.25, 0.3) is 10.9 Å². The first-order valence-corrected chi connectivity index (χ1v) is 10.1. The van der Waals surface area contributed by atoms with Crippen LogP contribution in [0.4, 0.5) is 11.5 Å². The first-order valence-electron chi connectivity index (χ1n) is 10.1. The van der Waals surface area contributed by atoms with Crippen LogP contribution in [0.5, 0.6) is 5.75 Å². The summed E-state index contributed by atoms with van der Waals surface area (Å²) in [5, 5.41) is 10.7. The van der Waals surface area contributed by atoms with E-state index in [2.05, 4.69) is 15.5 Å². The Balaban J connectivity index is 1.34. The van der Waals surface area contributed by atoms with Crippen LogP contribution in [-0.2, 0) is 4.79 Å². The maximum absolute atomic E-state index is 12.8. The van der Waals surface area contributed by atoms with E-state index in [-0.39, 0.29) is 11.8 Å². The first kappa shape index (κ1) is 18.9. The van der Waals surface area contributed by atoms with E-state index in [1.54, 1.807) is 41.3 Å². The molecule has 1 fully saturated rings. The highest BCUT2D eigenvalue weighted by Crippen LogP contribution is 2.29. The zero-order valence-electron chi connectivity index (χ0n) is 16.6. The highest BCUT2D eigenvalue weighted by Gasteiger charge is 2.34. The Bertz CT molecular complexity index is 1240. The molecule has 1 unspecified atom stereocenters. The molecule has 1 atom stereocenters. The molecule has 0 spiro atoms. The van der Waals surface area contributed by atoms with Gasteiger partial charge in [0.05, 0.1) is 5.52 Å². The van der Waals surface area contributed by atoms with Gasteiger partial charge >= 0.3 is 0 Å². The van der Waals surface area contributed by atoms with Crippen molar-refractivity contribution in [3.63, 3.8) is 0 Å². The lowest BCUT2D eigenvalue weighted by atomic mass is 10.2. The molecule has 154 valence electrons. The number of rotatable bonds is 5. The SMILES string of the molecule is O=C(Nc1n[nH]c2ccc(OC3CCN(c4ccccc4)C3=O)cc12)c1ccccc1. The van der Waals surface area contributed by atoms with E-state index in [1.165, 1.54) is 0 Å². The molecule has 4 aromatic rings. The van der Waals surface area contributed by atoms with Crippen LogP contribution in [0.15, 0.2) is 78.9 Å². The number of aromatic nitrogens is 2. The quantitative estimate of drug-likeness (QED) is 0.519. The van der Waals surface area contributed by atoms with Gasteiger partial charge in [-0.05, 0) is 42.5 Å². The Morgan fingerprint density at radius 3 is 2.55 bits per heavy atom. The van der Waals surface area contributed by atoms with E-state index in [0.717, 1.165) is 11.2 Å². The minimum Gasteiger partial charge on any atom is -0.480 e. The second-order valence-corrected chi connectivity index (χ2v) is 7.32. The third kappa shape index (κ3) is 3.73. The van der Waals surface area contributed by atoms with Crippen LogP contribution in [-0.4, -0.2) is 34.7 Å². The molecule has 5 rings (SSSR count). The molecular weight excluding hydrogens is 392 g/mol. The lowest BCUT2D eigenvalue weighted by molar-refractivity contribution is -0.122. The van der Waals surface area contributed by atoms with Gasteiger partial charge in [-0.3, -0.25) is 14.7 Å². The van der Waals surface area contributed by atoms with Gasteiger partial charge in [0, 0.05) is 29.6 Å². The van der Waals surface area contributed by atoms with Crippen LogP contribution in [0.2, 0.25) is 0 Å². The molecule has 1 aliphatic rings. The molecule has 0 radical (unpaired) electrons. The number of nitrogens with zero attached hydrogens (tertiary/aromatic N) is 2. The summed E-state index contributed by atoms with van der Waals surface area (Å²) in [7, 11) is 0. The van der Waals surface area contributed by atoms with Gasteiger partial charge in [0.15, 0.2) is 11.9 Å². The first-order chi connectivity index (χ1) is 15.2. The zero-order chi connectivity index (χ0) is 21.2. The fourth-order valence-corrected chi connectivity index (χ4v) is 3.72. The molecule has 1 saturated heterocycles. The number of nitrogens with one attached hydrogen (secondary N) is 2. The predicted octanol–water partition coefficient (Wildman–Crippen LogP) is 4.00. The smallest absolute Gasteiger partial charge is 0.268 e. The molecule has 2 N–H and O–H groups in total. The van der Waals surface area contributed by atoms with Gasteiger partial charge in [-0.15, -0.1) is 0 Å². The molecule has 7 heteroatoms. The van der Waals surface area contributed by atoms with E-state index in [1.807, 2.05) is 42.5 Å². The van der Waals surface area contributed by atoms with E-state index >= 15 is 0 Å². The van der Waals surface area contributed by atoms with Crippen molar-refractivity contribution in [1.82, 2.24) is 10.2 Å². The van der Waals surface area contributed by atoms with Gasteiger partial charge in [-0.1, -0.05) is 36.4 Å². The lowest BCUT2D eigenvalue weighted by Gasteiger charge is -2.17. The highest BCUT2D eigenvalue weighted by atomic mass is 16.5. The van der Waals surface area contributed by atoms with Gasteiger partial charge in [0.25, 0.3) is 11.8 Å². The Hall–Kier alpha value is -4.13. The summed E-state index contributed by atoms with van der Waals surface area (Å²) in [6.07, 6.45) is 0.0568. The normalized spacial score (nSPS) is 15.9. The largest absolute Gasteiger partial charge is 0.480 e. The predicted molar refractivity (Wildman–Crippen MR) is 118 cm³/mol. The molecular formula is C24H20N4O3. The number of para-hydroxylation sites is 1. The summed E-state index contributed by atoms with van der Waals surface area (Å²) in [5.41, 5.74) is 2.18. The van der Waals surface area contributed by atoms with Crippen molar-refractivity contribution in [2.45, 2.75) is 12.5 Å². The number of hydrogen-bond donors (Lipinski definition) is 2. The summed E-state index contributed by atoms with van der Waals surface area (Å²) in [5.74, 6) is 0.663. The van der Waals surface area contributed by atoms with Crippen molar-refractivity contribution in [1.29, 1.82) is 0 Å². The fourth-order valence-electron chi connectivity index (χ4n) is 3.72. The number of carbonyl (C=O) groups excluding carboxylic acids is 2. The number of carbonyl (C=O) groups is 2. The summed E-state index contributed by atoms with van der Waals surface area (Å²) >= 11 is 0. The Kier molecular flexibility index (Phi) is 4.84. The molecule has 1 aromatic heterocycles. The van der Waals surface area contributed by atoms with Crippen molar-refractivity contribution in [3.05, 3.63) is 84.4 Å². The standard InChI is InChI=1S/C24H20N4O3/c29-23(16-7-3-1-4-8-16)25-22-19-15-18(11-12-20(19)26-27-22)31-21-13-14-28(24(21)30)17-9-5-2-6-10-17/h1-12,15,21H,13-14H2,(H2,25,26,27,29). The molecule has 3 aromatic carbocycles. The Morgan fingerprint density at radius 1 is 1.03 bits per heavy atom. The summed E-state index contributed by atoms with van der Waals surface area (Å²) < 4.78 is 6.02. The third-order valence-corrected chi connectivity index (χ3v) is 5.30. The zero-order valence-corrected chi connectivity index (χ0v) is 16.6. The lowest BCUT2D eigenvalue weighted by Crippen LogP contribution is -2.32. The molecule has 2 heterocycles. The molecule has 0 bridgehead atoms. The van der Waals surface area contributed by atoms with Gasteiger partial charge in [-0.2, -0.15) is 5.10 Å². The Morgan fingerprint density at radius 2 is 1.77 bits per heavy atom. The number of H-pyrrole nitrogens is 1.